The first-order valence-corrected chi connectivity index (χ1v) is 9.72. The summed E-state index contributed by atoms with van der Waals surface area (Å²) >= 11 is 0. The molecule has 3 heterocycles. The largest absolute Gasteiger partial charge is 0.342 e. The van der Waals surface area contributed by atoms with Crippen LogP contribution in [0.1, 0.15) is 19.3 Å². The van der Waals surface area contributed by atoms with Gasteiger partial charge in [0.2, 0.25) is 15.9 Å². The van der Waals surface area contributed by atoms with Crippen LogP contribution < -0.4 is 5.32 Å². The van der Waals surface area contributed by atoms with Crippen molar-refractivity contribution in [2.75, 3.05) is 39.8 Å². The Hall–Kier alpha value is -1.51. The summed E-state index contributed by atoms with van der Waals surface area (Å²) in [6.07, 6.45) is 5.97. The second kappa shape index (κ2) is 6.78. The highest BCUT2D eigenvalue weighted by Crippen LogP contribution is 2.36. The quantitative estimate of drug-likeness (QED) is 0.843. The molecule has 2 fully saturated rings. The first-order chi connectivity index (χ1) is 11.4. The van der Waals surface area contributed by atoms with E-state index in [0.717, 1.165) is 30.2 Å². The predicted molar refractivity (Wildman–Crippen MR) is 89.8 cm³/mol. The minimum atomic E-state index is -3.68. The molecular weight excluding hydrogens is 328 g/mol. The van der Waals surface area contributed by atoms with Gasteiger partial charge in [-0.2, -0.15) is 4.31 Å². The topological polar surface area (TPSA) is 82.6 Å². The van der Waals surface area contributed by atoms with Crippen LogP contribution in [-0.2, 0) is 14.8 Å². The van der Waals surface area contributed by atoms with Gasteiger partial charge >= 0.3 is 0 Å². The van der Waals surface area contributed by atoms with Gasteiger partial charge in [0.1, 0.15) is 4.90 Å². The van der Waals surface area contributed by atoms with Gasteiger partial charge in [0.15, 0.2) is 0 Å². The van der Waals surface area contributed by atoms with E-state index in [1.54, 1.807) is 11.0 Å². The van der Waals surface area contributed by atoms with Gasteiger partial charge < -0.3 is 10.2 Å². The van der Waals surface area contributed by atoms with Crippen molar-refractivity contribution in [3.05, 3.63) is 24.5 Å². The maximum absolute atomic E-state index is 12.5. The summed E-state index contributed by atoms with van der Waals surface area (Å²) < 4.78 is 26.0. The fourth-order valence-electron chi connectivity index (χ4n) is 3.51. The maximum Gasteiger partial charge on any atom is 0.244 e. The highest BCUT2D eigenvalue weighted by molar-refractivity contribution is 7.89. The number of likely N-dealkylation sites (N-methyl/N-ethyl adjacent to an activating group) is 1. The number of rotatable bonds is 4. The number of nitrogens with zero attached hydrogens (tertiary/aromatic N) is 3. The highest BCUT2D eigenvalue weighted by atomic mass is 32.2. The van der Waals surface area contributed by atoms with Gasteiger partial charge in [0, 0.05) is 39.1 Å². The van der Waals surface area contributed by atoms with Crippen molar-refractivity contribution >= 4 is 15.9 Å². The van der Waals surface area contributed by atoms with E-state index in [0.29, 0.717) is 18.5 Å². The number of nitrogens with one attached hydrogen (secondary N) is 1. The molecule has 1 aromatic rings. The Balaban J connectivity index is 1.59. The number of amides is 1. The lowest BCUT2D eigenvalue weighted by Gasteiger charge is -2.39. The zero-order valence-corrected chi connectivity index (χ0v) is 14.8. The molecule has 7 nitrogen and oxygen atoms in total. The third-order valence-corrected chi connectivity index (χ3v) is 7.00. The molecule has 0 bridgehead atoms. The van der Waals surface area contributed by atoms with Crippen LogP contribution in [0.15, 0.2) is 29.4 Å². The average molecular weight is 352 g/mol. The van der Waals surface area contributed by atoms with E-state index in [9.17, 15) is 13.2 Å². The number of carbonyl (C=O) groups is 1. The lowest BCUT2D eigenvalue weighted by Crippen LogP contribution is -2.47. The van der Waals surface area contributed by atoms with Crippen molar-refractivity contribution < 1.29 is 13.2 Å². The van der Waals surface area contributed by atoms with Gasteiger partial charge in [-0.15, -0.1) is 0 Å². The average Bonchev–Trinajstić information content (AvgIpc) is 3.04. The summed E-state index contributed by atoms with van der Waals surface area (Å²) in [7, 11) is -2.24. The number of piperidine rings is 1. The highest BCUT2D eigenvalue weighted by Gasteiger charge is 2.38. The van der Waals surface area contributed by atoms with E-state index in [1.807, 2.05) is 0 Å². The number of pyridine rings is 1. The van der Waals surface area contributed by atoms with Gasteiger partial charge in [0.25, 0.3) is 0 Å². The molecule has 8 heteroatoms. The third-order valence-electron chi connectivity index (χ3n) is 5.21. The first kappa shape index (κ1) is 17.3. The second-order valence-electron chi connectivity index (χ2n) is 6.76. The van der Waals surface area contributed by atoms with Crippen molar-refractivity contribution in [1.29, 1.82) is 0 Å². The van der Waals surface area contributed by atoms with Crippen LogP contribution in [0.25, 0.3) is 0 Å². The van der Waals surface area contributed by atoms with Crippen LogP contribution in [0.3, 0.4) is 0 Å². The molecule has 0 radical (unpaired) electrons. The summed E-state index contributed by atoms with van der Waals surface area (Å²) in [5, 5.41) is 3.40. The van der Waals surface area contributed by atoms with E-state index >= 15 is 0 Å². The molecule has 1 amide bonds. The van der Waals surface area contributed by atoms with Gasteiger partial charge in [0.05, 0.1) is 6.54 Å². The molecule has 0 unspecified atom stereocenters. The molecule has 24 heavy (non-hydrogen) atoms. The van der Waals surface area contributed by atoms with Crippen LogP contribution in [-0.4, -0.2) is 68.3 Å². The van der Waals surface area contributed by atoms with E-state index < -0.39 is 10.0 Å². The standard InChI is InChI=1S/C16H24N4O3S/c1-19(24(22,23)14-3-2-7-17-11-14)12-15(21)20-9-5-16(6-10-20)4-8-18-13-16/h2-3,7,11,18H,4-6,8-10,12-13H2,1H3. The molecule has 1 N–H and O–H groups in total. The predicted octanol–water partition coefficient (Wildman–Crippen LogP) is 0.304. The molecular formula is C16H24N4O3S. The van der Waals surface area contributed by atoms with Gasteiger partial charge in [-0.25, -0.2) is 8.42 Å². The zero-order valence-electron chi connectivity index (χ0n) is 13.9. The number of aromatic nitrogens is 1. The lowest BCUT2D eigenvalue weighted by atomic mass is 9.78. The Kier molecular flexibility index (Phi) is 4.89. The number of sulfonamides is 1. The number of hydrogen-bond acceptors (Lipinski definition) is 5. The minimum absolute atomic E-state index is 0.106. The van der Waals surface area contributed by atoms with Crippen molar-refractivity contribution in [1.82, 2.24) is 19.5 Å². The third kappa shape index (κ3) is 3.45. The van der Waals surface area contributed by atoms with E-state index in [2.05, 4.69) is 10.3 Å². The van der Waals surface area contributed by atoms with Crippen molar-refractivity contribution in [2.45, 2.75) is 24.2 Å². The van der Waals surface area contributed by atoms with Crippen molar-refractivity contribution in [3.8, 4) is 0 Å². The molecule has 1 spiro atoms. The van der Waals surface area contributed by atoms with Gasteiger partial charge in [-0.3, -0.25) is 9.78 Å². The first-order valence-electron chi connectivity index (χ1n) is 8.28. The Labute approximate surface area is 143 Å². The smallest absolute Gasteiger partial charge is 0.244 e. The minimum Gasteiger partial charge on any atom is -0.342 e. The molecule has 0 atom stereocenters. The zero-order chi connectivity index (χ0) is 17.2. The Bertz CT molecular complexity index is 677. The van der Waals surface area contributed by atoms with Crippen LogP contribution in [0.4, 0.5) is 0 Å². The Morgan fingerprint density at radius 1 is 1.38 bits per heavy atom. The normalized spacial score (nSPS) is 20.7. The molecule has 0 aliphatic carbocycles. The van der Waals surface area contributed by atoms with Crippen molar-refractivity contribution in [2.24, 2.45) is 5.41 Å². The molecule has 0 aromatic carbocycles. The fraction of sp³-hybridized carbons (Fsp3) is 0.625. The van der Waals surface area contributed by atoms with Crippen LogP contribution in [0.5, 0.6) is 0 Å². The summed E-state index contributed by atoms with van der Waals surface area (Å²) in [5.41, 5.74) is 0.338. The summed E-state index contributed by atoms with van der Waals surface area (Å²) in [5.74, 6) is -0.134. The fourth-order valence-corrected chi connectivity index (χ4v) is 4.59. The van der Waals surface area contributed by atoms with Crippen LogP contribution >= 0.6 is 0 Å². The molecule has 0 saturated carbocycles. The van der Waals surface area contributed by atoms with Gasteiger partial charge in [-0.05, 0) is 43.4 Å². The molecule has 2 saturated heterocycles. The maximum atomic E-state index is 12.5. The van der Waals surface area contributed by atoms with E-state index in [1.165, 1.54) is 31.9 Å². The van der Waals surface area contributed by atoms with Gasteiger partial charge in [-0.1, -0.05) is 0 Å². The Morgan fingerprint density at radius 3 is 2.71 bits per heavy atom. The second-order valence-corrected chi connectivity index (χ2v) is 8.80. The van der Waals surface area contributed by atoms with Crippen LogP contribution in [0, 0.1) is 5.41 Å². The monoisotopic (exact) mass is 352 g/mol. The molecule has 132 valence electrons. The lowest BCUT2D eigenvalue weighted by molar-refractivity contribution is -0.133. The van der Waals surface area contributed by atoms with Crippen LogP contribution in [0.2, 0.25) is 0 Å². The molecule has 1 aromatic heterocycles. The number of likely N-dealkylation sites (tertiary alicyclic amines) is 1. The Morgan fingerprint density at radius 2 is 2.12 bits per heavy atom. The molecule has 2 aliphatic rings. The number of hydrogen-bond donors (Lipinski definition) is 1. The summed E-state index contributed by atoms with van der Waals surface area (Å²) in [4.78, 5) is 18.2. The molecule has 3 rings (SSSR count). The van der Waals surface area contributed by atoms with E-state index in [4.69, 9.17) is 0 Å². The van der Waals surface area contributed by atoms with Crippen molar-refractivity contribution in [3.63, 3.8) is 0 Å². The molecule has 2 aliphatic heterocycles. The van der Waals surface area contributed by atoms with E-state index in [-0.39, 0.29) is 17.3 Å². The summed E-state index contributed by atoms with van der Waals surface area (Å²) in [6, 6.07) is 3.06. The SMILES string of the molecule is CN(CC(=O)N1CCC2(CCNC2)CC1)S(=O)(=O)c1cccnc1. The summed E-state index contributed by atoms with van der Waals surface area (Å²) in [6.45, 7) is 3.37. The number of carbonyl (C=O) groups excluding carboxylic acids is 1.